The lowest BCUT2D eigenvalue weighted by molar-refractivity contribution is 0.393. The molecule has 1 heterocycles. The van der Waals surface area contributed by atoms with Crippen molar-refractivity contribution < 1.29 is 13.2 Å². The van der Waals surface area contributed by atoms with E-state index in [4.69, 9.17) is 4.74 Å². The van der Waals surface area contributed by atoms with E-state index in [1.165, 1.54) is 0 Å². The quantitative estimate of drug-likeness (QED) is 0.755. The molecule has 1 aromatic heterocycles. The van der Waals surface area contributed by atoms with E-state index in [1.54, 1.807) is 26.4 Å². The maximum absolute atomic E-state index is 11.5. The summed E-state index contributed by atoms with van der Waals surface area (Å²) in [5.41, 5.74) is 1.03. The van der Waals surface area contributed by atoms with Crippen molar-refractivity contribution in [1.82, 2.24) is 10.3 Å². The maximum atomic E-state index is 11.5. The SMILES string of the molecule is CCNC(CCCS(=O)(=O)CC)c1ccncc1OC. The Hall–Kier alpha value is -1.14. The van der Waals surface area contributed by atoms with Crippen LogP contribution in [0, 0.1) is 0 Å². The number of nitrogens with zero attached hydrogens (tertiary/aromatic N) is 1. The fourth-order valence-corrected chi connectivity index (χ4v) is 3.01. The Morgan fingerprint density at radius 3 is 2.75 bits per heavy atom. The van der Waals surface area contributed by atoms with Crippen molar-refractivity contribution in [3.8, 4) is 5.75 Å². The fourth-order valence-electron chi connectivity index (χ4n) is 2.11. The first kappa shape index (κ1) is 16.9. The second kappa shape index (κ2) is 8.21. The van der Waals surface area contributed by atoms with E-state index in [1.807, 2.05) is 13.0 Å². The van der Waals surface area contributed by atoms with Crippen molar-refractivity contribution in [3.05, 3.63) is 24.0 Å². The van der Waals surface area contributed by atoms with Crippen LogP contribution in [0.3, 0.4) is 0 Å². The highest BCUT2D eigenvalue weighted by Gasteiger charge is 2.16. The summed E-state index contributed by atoms with van der Waals surface area (Å²) in [5.74, 6) is 1.17. The summed E-state index contributed by atoms with van der Waals surface area (Å²) in [7, 11) is -1.28. The molecule has 1 unspecified atom stereocenters. The third-order valence-corrected chi connectivity index (χ3v) is 5.04. The van der Waals surface area contributed by atoms with Crippen LogP contribution >= 0.6 is 0 Å². The molecule has 114 valence electrons. The predicted molar refractivity (Wildman–Crippen MR) is 80.8 cm³/mol. The Balaban J connectivity index is 2.74. The molecule has 0 fully saturated rings. The van der Waals surface area contributed by atoms with Gasteiger partial charge in [0.15, 0.2) is 0 Å². The summed E-state index contributed by atoms with van der Waals surface area (Å²) in [6, 6.07) is 2.01. The van der Waals surface area contributed by atoms with Crippen LogP contribution in [0.2, 0.25) is 0 Å². The van der Waals surface area contributed by atoms with Crippen LogP contribution in [-0.2, 0) is 9.84 Å². The zero-order valence-electron chi connectivity index (χ0n) is 12.4. The average Bonchev–Trinajstić information content (AvgIpc) is 2.46. The summed E-state index contributed by atoms with van der Waals surface area (Å²) in [5, 5.41) is 3.38. The molecule has 0 bridgehead atoms. The van der Waals surface area contributed by atoms with Gasteiger partial charge in [-0.05, 0) is 25.5 Å². The molecule has 0 aliphatic heterocycles. The Bertz CT molecular complexity index is 503. The van der Waals surface area contributed by atoms with Gasteiger partial charge in [0.2, 0.25) is 0 Å². The molecule has 0 spiro atoms. The number of hydrogen-bond acceptors (Lipinski definition) is 5. The average molecular weight is 300 g/mol. The van der Waals surface area contributed by atoms with Crippen LogP contribution in [0.1, 0.15) is 38.3 Å². The van der Waals surface area contributed by atoms with E-state index in [2.05, 4.69) is 10.3 Å². The maximum Gasteiger partial charge on any atom is 0.150 e. The Kier molecular flexibility index (Phi) is 6.95. The largest absolute Gasteiger partial charge is 0.495 e. The number of hydrogen-bond donors (Lipinski definition) is 1. The van der Waals surface area contributed by atoms with Gasteiger partial charge in [0, 0.05) is 23.6 Å². The Labute approximate surface area is 121 Å². The van der Waals surface area contributed by atoms with Gasteiger partial charge in [-0.3, -0.25) is 4.98 Å². The molecule has 0 aromatic carbocycles. The van der Waals surface area contributed by atoms with Crippen LogP contribution in [0.15, 0.2) is 18.5 Å². The molecule has 0 aliphatic carbocycles. The molecule has 0 radical (unpaired) electrons. The van der Waals surface area contributed by atoms with Crippen LogP contribution in [0.25, 0.3) is 0 Å². The van der Waals surface area contributed by atoms with Crippen molar-refractivity contribution >= 4 is 9.84 Å². The Morgan fingerprint density at radius 1 is 1.40 bits per heavy atom. The summed E-state index contributed by atoms with van der Waals surface area (Å²) in [4.78, 5) is 4.04. The van der Waals surface area contributed by atoms with Gasteiger partial charge in [-0.15, -0.1) is 0 Å². The van der Waals surface area contributed by atoms with E-state index in [0.29, 0.717) is 6.42 Å². The summed E-state index contributed by atoms with van der Waals surface area (Å²) in [6.07, 6.45) is 4.81. The minimum absolute atomic E-state index is 0.0880. The molecule has 0 saturated heterocycles. The molecule has 1 atom stereocenters. The summed E-state index contributed by atoms with van der Waals surface area (Å²) < 4.78 is 28.4. The van der Waals surface area contributed by atoms with Crippen LogP contribution < -0.4 is 10.1 Å². The number of rotatable bonds is 9. The third-order valence-electron chi connectivity index (χ3n) is 3.25. The van der Waals surface area contributed by atoms with Crippen LogP contribution in [-0.4, -0.2) is 38.6 Å². The smallest absolute Gasteiger partial charge is 0.150 e. The van der Waals surface area contributed by atoms with Crippen molar-refractivity contribution in [2.75, 3.05) is 25.2 Å². The summed E-state index contributed by atoms with van der Waals surface area (Å²) >= 11 is 0. The van der Waals surface area contributed by atoms with Gasteiger partial charge in [0.05, 0.1) is 19.1 Å². The first-order valence-corrected chi connectivity index (χ1v) is 8.77. The van der Waals surface area contributed by atoms with E-state index >= 15 is 0 Å². The molecule has 20 heavy (non-hydrogen) atoms. The first-order valence-electron chi connectivity index (χ1n) is 6.95. The van der Waals surface area contributed by atoms with Crippen molar-refractivity contribution in [1.29, 1.82) is 0 Å². The lowest BCUT2D eigenvalue weighted by Crippen LogP contribution is -2.22. The number of sulfone groups is 1. The molecule has 6 heteroatoms. The lowest BCUT2D eigenvalue weighted by Gasteiger charge is -2.20. The molecule has 5 nitrogen and oxygen atoms in total. The number of ether oxygens (including phenoxy) is 1. The monoisotopic (exact) mass is 300 g/mol. The number of aromatic nitrogens is 1. The third kappa shape index (κ3) is 5.09. The molecular weight excluding hydrogens is 276 g/mol. The highest BCUT2D eigenvalue weighted by molar-refractivity contribution is 7.91. The Morgan fingerprint density at radius 2 is 2.15 bits per heavy atom. The van der Waals surface area contributed by atoms with E-state index in [9.17, 15) is 8.42 Å². The predicted octanol–water partition coefficient (Wildman–Crippen LogP) is 1.96. The van der Waals surface area contributed by atoms with Crippen LogP contribution in [0.5, 0.6) is 5.75 Å². The molecule has 1 N–H and O–H groups in total. The topological polar surface area (TPSA) is 68.3 Å². The molecule has 0 aliphatic rings. The molecule has 0 saturated carbocycles. The van der Waals surface area contributed by atoms with Crippen LogP contribution in [0.4, 0.5) is 0 Å². The standard InChI is InChI=1S/C14H24N2O3S/c1-4-16-13(7-6-10-20(17,18)5-2)12-8-9-15-11-14(12)19-3/h8-9,11,13,16H,4-7,10H2,1-3H3. The van der Waals surface area contributed by atoms with E-state index in [-0.39, 0.29) is 17.5 Å². The normalized spacial score (nSPS) is 13.2. The molecule has 1 rings (SSSR count). The van der Waals surface area contributed by atoms with Gasteiger partial charge >= 0.3 is 0 Å². The van der Waals surface area contributed by atoms with Crippen molar-refractivity contribution in [2.24, 2.45) is 0 Å². The van der Waals surface area contributed by atoms with Gasteiger partial charge in [-0.2, -0.15) is 0 Å². The first-order chi connectivity index (χ1) is 9.54. The van der Waals surface area contributed by atoms with Gasteiger partial charge in [-0.1, -0.05) is 13.8 Å². The number of nitrogens with one attached hydrogen (secondary N) is 1. The lowest BCUT2D eigenvalue weighted by atomic mass is 10.0. The zero-order valence-corrected chi connectivity index (χ0v) is 13.2. The van der Waals surface area contributed by atoms with Crippen molar-refractivity contribution in [2.45, 2.75) is 32.7 Å². The molecule has 0 amide bonds. The second-order valence-electron chi connectivity index (χ2n) is 4.61. The molecule has 1 aromatic rings. The van der Waals surface area contributed by atoms with E-state index < -0.39 is 9.84 Å². The number of pyridine rings is 1. The zero-order chi connectivity index (χ0) is 15.0. The van der Waals surface area contributed by atoms with Gasteiger partial charge in [-0.25, -0.2) is 8.42 Å². The highest BCUT2D eigenvalue weighted by atomic mass is 32.2. The van der Waals surface area contributed by atoms with Gasteiger partial charge in [0.1, 0.15) is 15.6 Å². The van der Waals surface area contributed by atoms with Crippen molar-refractivity contribution in [3.63, 3.8) is 0 Å². The minimum Gasteiger partial charge on any atom is -0.495 e. The van der Waals surface area contributed by atoms with E-state index in [0.717, 1.165) is 24.3 Å². The van der Waals surface area contributed by atoms with Gasteiger partial charge < -0.3 is 10.1 Å². The summed E-state index contributed by atoms with van der Waals surface area (Å²) in [6.45, 7) is 4.53. The number of methoxy groups -OCH3 is 1. The van der Waals surface area contributed by atoms with Gasteiger partial charge in [0.25, 0.3) is 0 Å². The second-order valence-corrected chi connectivity index (χ2v) is 7.08. The highest BCUT2D eigenvalue weighted by Crippen LogP contribution is 2.27. The molecular formula is C14H24N2O3S. The fraction of sp³-hybridized carbons (Fsp3) is 0.643. The minimum atomic E-state index is -2.90.